The maximum Gasteiger partial charge on any atom is 0.573 e. The molecule has 0 bridgehead atoms. The van der Waals surface area contributed by atoms with Gasteiger partial charge in [0, 0.05) is 17.0 Å². The number of H-pyrrole nitrogens is 1. The van der Waals surface area contributed by atoms with Crippen LogP contribution in [0.3, 0.4) is 0 Å². The number of aromatic amines is 1. The van der Waals surface area contributed by atoms with Gasteiger partial charge in [0.15, 0.2) is 5.16 Å². The summed E-state index contributed by atoms with van der Waals surface area (Å²) in [6.45, 7) is 0. The second-order valence-corrected chi connectivity index (χ2v) is 6.27. The molecule has 1 aromatic heterocycles. The van der Waals surface area contributed by atoms with Gasteiger partial charge in [-0.3, -0.25) is 9.89 Å². The number of amides is 1. The van der Waals surface area contributed by atoms with E-state index >= 15 is 0 Å². The fourth-order valence-corrected chi connectivity index (χ4v) is 2.88. The molecule has 1 heterocycles. The summed E-state index contributed by atoms with van der Waals surface area (Å²) in [5.74, 6) is -0.127. The van der Waals surface area contributed by atoms with E-state index in [1.54, 1.807) is 18.2 Å². The molecule has 27 heavy (non-hydrogen) atoms. The van der Waals surface area contributed by atoms with Gasteiger partial charge in [-0.15, -0.1) is 13.2 Å². The van der Waals surface area contributed by atoms with Gasteiger partial charge in [0.1, 0.15) is 12.1 Å². The van der Waals surface area contributed by atoms with Gasteiger partial charge < -0.3 is 10.1 Å². The van der Waals surface area contributed by atoms with Crippen molar-refractivity contribution >= 4 is 23.4 Å². The Bertz CT molecular complexity index is 899. The lowest BCUT2D eigenvalue weighted by Crippen LogP contribution is -2.17. The van der Waals surface area contributed by atoms with Crippen molar-refractivity contribution < 1.29 is 22.7 Å². The quantitative estimate of drug-likeness (QED) is 0.611. The minimum absolute atomic E-state index is 0.355. The largest absolute Gasteiger partial charge is 0.573 e. The average molecular weight is 394 g/mol. The first-order valence-electron chi connectivity index (χ1n) is 7.63. The third kappa shape index (κ3) is 5.74. The molecule has 0 saturated heterocycles. The van der Waals surface area contributed by atoms with Crippen molar-refractivity contribution in [1.82, 2.24) is 15.2 Å². The van der Waals surface area contributed by atoms with Crippen LogP contribution in [0.2, 0.25) is 0 Å². The summed E-state index contributed by atoms with van der Waals surface area (Å²) < 4.78 is 40.3. The highest BCUT2D eigenvalue weighted by Crippen LogP contribution is 2.24. The van der Waals surface area contributed by atoms with Crippen LogP contribution < -0.4 is 10.1 Å². The number of rotatable bonds is 6. The third-order valence-electron chi connectivity index (χ3n) is 3.30. The molecule has 0 aliphatic heterocycles. The topological polar surface area (TPSA) is 79.9 Å². The molecular weight excluding hydrogens is 381 g/mol. The fourth-order valence-electron chi connectivity index (χ4n) is 2.16. The monoisotopic (exact) mass is 394 g/mol. The summed E-state index contributed by atoms with van der Waals surface area (Å²) in [6.07, 6.45) is -3.34. The number of anilines is 1. The molecule has 140 valence electrons. The van der Waals surface area contributed by atoms with E-state index in [1.165, 1.54) is 30.2 Å². The van der Waals surface area contributed by atoms with Gasteiger partial charge >= 0.3 is 6.36 Å². The minimum atomic E-state index is -4.76. The number of alkyl halides is 3. The number of halogens is 3. The van der Waals surface area contributed by atoms with Crippen LogP contribution in [0, 0.1) is 0 Å². The van der Waals surface area contributed by atoms with Crippen LogP contribution in [0.15, 0.2) is 60.0 Å². The van der Waals surface area contributed by atoms with Crippen LogP contribution in [0.5, 0.6) is 5.75 Å². The number of thioether (sulfide) groups is 1. The summed E-state index contributed by atoms with van der Waals surface area (Å²) in [5, 5.41) is 9.80. The van der Waals surface area contributed by atoms with E-state index in [2.05, 4.69) is 25.2 Å². The van der Waals surface area contributed by atoms with Crippen LogP contribution >= 0.6 is 11.8 Å². The lowest BCUT2D eigenvalue weighted by Gasteiger charge is -2.10. The number of ether oxygens (including phenoxy) is 1. The van der Waals surface area contributed by atoms with Gasteiger partial charge in [0.2, 0.25) is 0 Å². The van der Waals surface area contributed by atoms with Crippen molar-refractivity contribution in [3.05, 3.63) is 66.0 Å². The molecule has 1 amide bonds. The molecule has 0 radical (unpaired) electrons. The standard InChI is InChI=1S/C17H13F3N4O2S/c18-17(19,20)26-14-6-4-13(5-7-14)23-15(25)12-3-1-2-11(8-12)9-27-16-21-10-22-24-16/h1-8,10H,9H2,(H,23,25)(H,21,22,24). The van der Waals surface area contributed by atoms with E-state index in [0.717, 1.165) is 17.7 Å². The number of nitrogens with one attached hydrogen (secondary N) is 2. The van der Waals surface area contributed by atoms with E-state index in [0.29, 0.717) is 22.2 Å². The second-order valence-electron chi connectivity index (χ2n) is 5.31. The Hall–Kier alpha value is -3.01. The first kappa shape index (κ1) is 18.8. The van der Waals surface area contributed by atoms with Crippen LogP contribution in [0.1, 0.15) is 15.9 Å². The molecule has 0 unspecified atom stereocenters. The third-order valence-corrected chi connectivity index (χ3v) is 4.25. The molecule has 3 aromatic rings. The predicted molar refractivity (Wildman–Crippen MR) is 93.5 cm³/mol. The summed E-state index contributed by atoms with van der Waals surface area (Å²) in [7, 11) is 0. The smallest absolute Gasteiger partial charge is 0.406 e. The fraction of sp³-hybridized carbons (Fsp3) is 0.118. The molecule has 0 aliphatic rings. The van der Waals surface area contributed by atoms with Gasteiger partial charge in [-0.05, 0) is 42.0 Å². The molecule has 0 saturated carbocycles. The summed E-state index contributed by atoms with van der Waals surface area (Å²) in [5.41, 5.74) is 1.70. The van der Waals surface area contributed by atoms with Crippen molar-refractivity contribution in [3.8, 4) is 5.75 Å². The molecule has 0 atom stereocenters. The number of carbonyl (C=O) groups is 1. The Morgan fingerprint density at radius 1 is 1.19 bits per heavy atom. The maximum atomic E-state index is 12.4. The van der Waals surface area contributed by atoms with E-state index in [4.69, 9.17) is 0 Å². The van der Waals surface area contributed by atoms with Crippen molar-refractivity contribution in [2.75, 3.05) is 5.32 Å². The molecule has 10 heteroatoms. The first-order valence-corrected chi connectivity index (χ1v) is 8.62. The number of aromatic nitrogens is 3. The summed E-state index contributed by atoms with van der Waals surface area (Å²) in [6, 6.07) is 12.0. The SMILES string of the molecule is O=C(Nc1ccc(OC(F)(F)F)cc1)c1cccc(CSc2ncn[nH]2)c1. The zero-order valence-electron chi connectivity index (χ0n) is 13.7. The predicted octanol–water partition coefficient (Wildman–Crippen LogP) is 4.25. The van der Waals surface area contributed by atoms with Crippen molar-refractivity contribution in [3.63, 3.8) is 0 Å². The van der Waals surface area contributed by atoms with Crippen molar-refractivity contribution in [1.29, 1.82) is 0 Å². The molecular formula is C17H13F3N4O2S. The van der Waals surface area contributed by atoms with Gasteiger partial charge in [-0.1, -0.05) is 23.9 Å². The van der Waals surface area contributed by atoms with Crippen molar-refractivity contribution in [2.45, 2.75) is 17.3 Å². The maximum absolute atomic E-state index is 12.4. The number of nitrogens with zero attached hydrogens (tertiary/aromatic N) is 2. The van der Waals surface area contributed by atoms with Crippen LogP contribution in [-0.4, -0.2) is 27.5 Å². The van der Waals surface area contributed by atoms with E-state index < -0.39 is 6.36 Å². The molecule has 3 rings (SSSR count). The van der Waals surface area contributed by atoms with Gasteiger partial charge in [0.25, 0.3) is 5.91 Å². The Labute approximate surface area is 156 Å². The van der Waals surface area contributed by atoms with Crippen LogP contribution in [0.4, 0.5) is 18.9 Å². The number of hydrogen-bond donors (Lipinski definition) is 2. The molecule has 0 fully saturated rings. The molecule has 6 nitrogen and oxygen atoms in total. The average Bonchev–Trinajstić information content (AvgIpc) is 3.14. The molecule has 2 aromatic carbocycles. The van der Waals surface area contributed by atoms with E-state index in [-0.39, 0.29) is 11.7 Å². The highest BCUT2D eigenvalue weighted by atomic mass is 32.2. The molecule has 0 aliphatic carbocycles. The van der Waals surface area contributed by atoms with Gasteiger partial charge in [-0.25, -0.2) is 4.98 Å². The molecule has 2 N–H and O–H groups in total. The Morgan fingerprint density at radius 3 is 2.63 bits per heavy atom. The van der Waals surface area contributed by atoms with Crippen LogP contribution in [0.25, 0.3) is 0 Å². The highest BCUT2D eigenvalue weighted by Gasteiger charge is 2.30. The highest BCUT2D eigenvalue weighted by molar-refractivity contribution is 7.98. The zero-order valence-corrected chi connectivity index (χ0v) is 14.5. The first-order chi connectivity index (χ1) is 12.9. The normalized spacial score (nSPS) is 11.2. The minimum Gasteiger partial charge on any atom is -0.406 e. The van der Waals surface area contributed by atoms with Crippen LogP contribution in [-0.2, 0) is 5.75 Å². The Balaban J connectivity index is 1.61. The number of hydrogen-bond acceptors (Lipinski definition) is 5. The Morgan fingerprint density at radius 2 is 1.96 bits per heavy atom. The number of benzene rings is 2. The summed E-state index contributed by atoms with van der Waals surface area (Å²) >= 11 is 1.44. The lowest BCUT2D eigenvalue weighted by molar-refractivity contribution is -0.274. The molecule has 0 spiro atoms. The lowest BCUT2D eigenvalue weighted by atomic mass is 10.1. The zero-order chi connectivity index (χ0) is 19.3. The van der Waals surface area contributed by atoms with E-state index in [9.17, 15) is 18.0 Å². The van der Waals surface area contributed by atoms with Crippen molar-refractivity contribution in [2.24, 2.45) is 0 Å². The summed E-state index contributed by atoms with van der Waals surface area (Å²) in [4.78, 5) is 16.4. The van der Waals surface area contributed by atoms with Gasteiger partial charge in [0.05, 0.1) is 0 Å². The second kappa shape index (κ2) is 8.12. The van der Waals surface area contributed by atoms with E-state index in [1.807, 2.05) is 6.07 Å². The number of carbonyl (C=O) groups excluding carboxylic acids is 1. The van der Waals surface area contributed by atoms with Gasteiger partial charge in [-0.2, -0.15) is 5.10 Å². The Kier molecular flexibility index (Phi) is 5.65.